The summed E-state index contributed by atoms with van der Waals surface area (Å²) in [6.07, 6.45) is 1.59. The van der Waals surface area contributed by atoms with Gasteiger partial charge in [0, 0.05) is 18.8 Å². The normalized spacial score (nSPS) is 10.8. The van der Waals surface area contributed by atoms with Crippen molar-refractivity contribution in [3.05, 3.63) is 48.0 Å². The molecule has 3 aromatic rings. The van der Waals surface area contributed by atoms with Crippen LogP contribution in [0.5, 0.6) is 0 Å². The smallest absolute Gasteiger partial charge is 0.257 e. The number of fused-ring (bicyclic) bond motifs is 1. The number of aryl methyl sites for hydroxylation is 1. The molecule has 5 nitrogen and oxygen atoms in total. The van der Waals surface area contributed by atoms with Crippen molar-refractivity contribution in [3.8, 4) is 0 Å². The number of nitrogens with one attached hydrogen (secondary N) is 1. The van der Waals surface area contributed by atoms with Gasteiger partial charge in [-0.25, -0.2) is 9.97 Å². The van der Waals surface area contributed by atoms with Crippen LogP contribution in [0.15, 0.2) is 46.0 Å². The summed E-state index contributed by atoms with van der Waals surface area (Å²) in [4.78, 5) is 20.7. The zero-order valence-electron chi connectivity index (χ0n) is 12.3. The summed E-state index contributed by atoms with van der Waals surface area (Å²) < 4.78 is 5.41. The average molecular weight is 313 g/mol. The molecule has 2 heterocycles. The number of carbonyl (C=O) groups excluding carboxylic acids is 1. The van der Waals surface area contributed by atoms with Gasteiger partial charge in [0.25, 0.3) is 5.91 Å². The number of anilines is 1. The largest absolute Gasteiger partial charge is 0.441 e. The van der Waals surface area contributed by atoms with Crippen molar-refractivity contribution in [2.45, 2.75) is 18.9 Å². The monoisotopic (exact) mass is 313 g/mol. The lowest BCUT2D eigenvalue weighted by Crippen LogP contribution is -2.12. The fourth-order valence-corrected chi connectivity index (χ4v) is 2.66. The Morgan fingerprint density at radius 1 is 1.32 bits per heavy atom. The van der Waals surface area contributed by atoms with Gasteiger partial charge < -0.3 is 9.73 Å². The van der Waals surface area contributed by atoms with E-state index in [-0.39, 0.29) is 5.91 Å². The van der Waals surface area contributed by atoms with Crippen LogP contribution in [0.4, 0.5) is 5.69 Å². The van der Waals surface area contributed by atoms with Gasteiger partial charge in [0.2, 0.25) is 0 Å². The number of benzene rings is 1. The third-order valence-electron chi connectivity index (χ3n) is 3.04. The Bertz CT molecular complexity index is 812. The first-order chi connectivity index (χ1) is 10.7. The van der Waals surface area contributed by atoms with Crippen molar-refractivity contribution in [1.29, 1.82) is 0 Å². The molecule has 3 rings (SSSR count). The van der Waals surface area contributed by atoms with E-state index in [1.54, 1.807) is 49.1 Å². The van der Waals surface area contributed by atoms with E-state index in [2.05, 4.69) is 22.2 Å². The van der Waals surface area contributed by atoms with Crippen molar-refractivity contribution >= 4 is 34.5 Å². The second kappa shape index (κ2) is 6.19. The molecule has 0 aliphatic heterocycles. The minimum atomic E-state index is -0.194. The van der Waals surface area contributed by atoms with Gasteiger partial charge >= 0.3 is 0 Å². The predicted octanol–water partition coefficient (Wildman–Crippen LogP) is 3.90. The molecule has 0 bridgehead atoms. The number of amides is 1. The molecule has 2 aromatic heterocycles. The molecule has 1 N–H and O–H groups in total. The summed E-state index contributed by atoms with van der Waals surface area (Å²) in [5.74, 6) is 1.36. The third kappa shape index (κ3) is 3.12. The number of aromatic nitrogens is 2. The molecule has 0 radical (unpaired) electrons. The Kier molecular flexibility index (Phi) is 4.11. The number of rotatable bonds is 4. The number of carbonyl (C=O) groups is 1. The summed E-state index contributed by atoms with van der Waals surface area (Å²) in [7, 11) is 0. The maximum Gasteiger partial charge on any atom is 0.257 e. The zero-order chi connectivity index (χ0) is 15.5. The van der Waals surface area contributed by atoms with Gasteiger partial charge in [-0.05, 0) is 36.1 Å². The fourth-order valence-electron chi connectivity index (χ4n) is 2.07. The first kappa shape index (κ1) is 14.6. The molecule has 0 saturated heterocycles. The highest BCUT2D eigenvalue weighted by Crippen LogP contribution is 2.20. The number of oxazole rings is 1. The van der Waals surface area contributed by atoms with E-state index in [0.29, 0.717) is 22.7 Å². The lowest BCUT2D eigenvalue weighted by Gasteiger charge is -2.05. The molecule has 0 atom stereocenters. The molecule has 0 unspecified atom stereocenters. The van der Waals surface area contributed by atoms with Crippen LogP contribution in [-0.2, 0) is 0 Å². The Hall–Kier alpha value is -2.34. The maximum absolute atomic E-state index is 12.2. The first-order valence-corrected chi connectivity index (χ1v) is 7.91. The molecule has 0 spiro atoms. The van der Waals surface area contributed by atoms with E-state index in [0.717, 1.165) is 16.3 Å². The van der Waals surface area contributed by atoms with Gasteiger partial charge in [0.1, 0.15) is 5.52 Å². The van der Waals surface area contributed by atoms with E-state index >= 15 is 0 Å². The minimum Gasteiger partial charge on any atom is -0.441 e. The van der Waals surface area contributed by atoms with Crippen LogP contribution in [0.1, 0.15) is 23.2 Å². The van der Waals surface area contributed by atoms with Crippen molar-refractivity contribution < 1.29 is 9.21 Å². The van der Waals surface area contributed by atoms with E-state index in [1.807, 2.05) is 6.07 Å². The second-order valence-corrected chi connectivity index (χ2v) is 5.97. The highest BCUT2D eigenvalue weighted by molar-refractivity contribution is 7.99. The van der Waals surface area contributed by atoms with Crippen LogP contribution in [0, 0.1) is 6.92 Å². The van der Waals surface area contributed by atoms with Crippen LogP contribution in [0.25, 0.3) is 11.1 Å². The van der Waals surface area contributed by atoms with Gasteiger partial charge in [0.15, 0.2) is 11.5 Å². The molecular formula is C16H15N3O2S. The van der Waals surface area contributed by atoms with Gasteiger partial charge in [-0.2, -0.15) is 0 Å². The predicted molar refractivity (Wildman–Crippen MR) is 87.3 cm³/mol. The average Bonchev–Trinajstić information content (AvgIpc) is 2.87. The molecule has 1 aromatic carbocycles. The van der Waals surface area contributed by atoms with Crippen molar-refractivity contribution in [2.24, 2.45) is 0 Å². The number of pyridine rings is 1. The molecule has 1 amide bonds. The standard InChI is InChI=1S/C16H15N3O2S/c1-3-22-15-7-4-11(9-17-15)16(20)19-12-5-6-14-13(8-12)18-10(2)21-14/h4-9H,3H2,1-2H3,(H,19,20). The van der Waals surface area contributed by atoms with Crippen LogP contribution >= 0.6 is 11.8 Å². The summed E-state index contributed by atoms with van der Waals surface area (Å²) in [5, 5.41) is 3.76. The minimum absolute atomic E-state index is 0.194. The number of nitrogens with zero attached hydrogens (tertiary/aromatic N) is 2. The highest BCUT2D eigenvalue weighted by Gasteiger charge is 2.09. The van der Waals surface area contributed by atoms with Crippen LogP contribution in [0.3, 0.4) is 0 Å². The quantitative estimate of drug-likeness (QED) is 0.740. The molecule has 112 valence electrons. The second-order valence-electron chi connectivity index (χ2n) is 4.69. The summed E-state index contributed by atoms with van der Waals surface area (Å²) in [6, 6.07) is 9.01. The van der Waals surface area contributed by atoms with Crippen LogP contribution in [0.2, 0.25) is 0 Å². The molecule has 22 heavy (non-hydrogen) atoms. The number of hydrogen-bond donors (Lipinski definition) is 1. The zero-order valence-corrected chi connectivity index (χ0v) is 13.1. The molecular weight excluding hydrogens is 298 g/mol. The molecule has 0 aliphatic carbocycles. The molecule has 0 saturated carbocycles. The van der Waals surface area contributed by atoms with E-state index < -0.39 is 0 Å². The van der Waals surface area contributed by atoms with Crippen molar-refractivity contribution in [1.82, 2.24) is 9.97 Å². The number of hydrogen-bond acceptors (Lipinski definition) is 5. The van der Waals surface area contributed by atoms with Gasteiger partial charge in [-0.1, -0.05) is 6.92 Å². The number of thioether (sulfide) groups is 1. The molecule has 0 fully saturated rings. The van der Waals surface area contributed by atoms with Gasteiger partial charge in [-0.15, -0.1) is 11.8 Å². The van der Waals surface area contributed by atoms with Gasteiger partial charge in [0.05, 0.1) is 10.6 Å². The lowest BCUT2D eigenvalue weighted by molar-refractivity contribution is 0.102. The topological polar surface area (TPSA) is 68.0 Å². The van der Waals surface area contributed by atoms with Crippen molar-refractivity contribution in [3.63, 3.8) is 0 Å². The Balaban J connectivity index is 1.76. The maximum atomic E-state index is 12.2. The highest BCUT2D eigenvalue weighted by atomic mass is 32.2. The fraction of sp³-hybridized carbons (Fsp3) is 0.188. The SMILES string of the molecule is CCSc1ccc(C(=O)Nc2ccc3oc(C)nc3c2)cn1. The Morgan fingerprint density at radius 3 is 2.91 bits per heavy atom. The summed E-state index contributed by atoms with van der Waals surface area (Å²) in [6.45, 7) is 3.86. The van der Waals surface area contributed by atoms with Crippen molar-refractivity contribution in [2.75, 3.05) is 11.1 Å². The van der Waals surface area contributed by atoms with Crippen LogP contribution < -0.4 is 5.32 Å². The Morgan fingerprint density at radius 2 is 2.18 bits per heavy atom. The molecule has 0 aliphatic rings. The molecule has 6 heteroatoms. The van der Waals surface area contributed by atoms with E-state index in [1.165, 1.54) is 0 Å². The third-order valence-corrected chi connectivity index (χ3v) is 3.87. The summed E-state index contributed by atoms with van der Waals surface area (Å²) >= 11 is 1.64. The van der Waals surface area contributed by atoms with Gasteiger partial charge in [-0.3, -0.25) is 4.79 Å². The van der Waals surface area contributed by atoms with Crippen LogP contribution in [-0.4, -0.2) is 21.6 Å². The Labute approximate surface area is 132 Å². The first-order valence-electron chi connectivity index (χ1n) is 6.93. The van der Waals surface area contributed by atoms with E-state index in [4.69, 9.17) is 4.42 Å². The van der Waals surface area contributed by atoms with E-state index in [9.17, 15) is 4.79 Å². The summed E-state index contributed by atoms with van der Waals surface area (Å²) in [5.41, 5.74) is 2.64. The lowest BCUT2D eigenvalue weighted by atomic mass is 10.2.